The molecule has 3 nitrogen and oxygen atoms in total. The van der Waals surface area contributed by atoms with Gasteiger partial charge >= 0.3 is 5.97 Å². The molecule has 0 aliphatic carbocycles. The molecular weight excluding hydrogens is 246 g/mol. The molecule has 0 amide bonds. The molecule has 0 aromatic heterocycles. The highest BCUT2D eigenvalue weighted by Gasteiger charge is 2.33. The molecule has 1 saturated heterocycles. The Hall–Kier alpha value is -0.710. The van der Waals surface area contributed by atoms with Crippen molar-refractivity contribution in [2.45, 2.75) is 17.8 Å². The van der Waals surface area contributed by atoms with Gasteiger partial charge in [-0.05, 0) is 5.56 Å². The Kier molecular flexibility index (Phi) is 5.12. The van der Waals surface area contributed by atoms with Gasteiger partial charge in [0, 0.05) is 6.42 Å². The summed E-state index contributed by atoms with van der Waals surface area (Å²) in [5.41, 5.74) is 1.28. The van der Waals surface area contributed by atoms with Crippen LogP contribution in [0.25, 0.3) is 0 Å². The van der Waals surface area contributed by atoms with Crippen LogP contribution in [-0.4, -0.2) is 28.2 Å². The molecule has 1 heterocycles. The molecule has 0 saturated carbocycles. The minimum atomic E-state index is -0.696. The number of carboxylic acids is 1. The number of rotatable bonds is 3. The molecule has 3 N–H and O–H groups in total. The van der Waals surface area contributed by atoms with Gasteiger partial charge in [-0.2, -0.15) is 0 Å². The summed E-state index contributed by atoms with van der Waals surface area (Å²) in [7, 11) is 0. The molecule has 1 aliphatic rings. The van der Waals surface area contributed by atoms with E-state index in [2.05, 4.69) is 12.1 Å². The zero-order chi connectivity index (χ0) is 10.7. The molecule has 16 heavy (non-hydrogen) atoms. The van der Waals surface area contributed by atoms with Crippen molar-refractivity contribution in [3.63, 3.8) is 0 Å². The van der Waals surface area contributed by atoms with Crippen molar-refractivity contribution >= 4 is 17.7 Å². The molecule has 1 aromatic rings. The fourth-order valence-corrected chi connectivity index (χ4v) is 3.04. The van der Waals surface area contributed by atoms with E-state index >= 15 is 0 Å². The number of benzene rings is 1. The summed E-state index contributed by atoms with van der Waals surface area (Å²) in [5, 5.41) is 11.2. The highest BCUT2D eigenvalue weighted by molar-refractivity contribution is 7.99. The van der Waals surface area contributed by atoms with Crippen LogP contribution in [0, 0.1) is 0 Å². The Morgan fingerprint density at radius 1 is 1.44 bits per heavy atom. The van der Waals surface area contributed by atoms with E-state index in [9.17, 15) is 4.79 Å². The smallest absolute Gasteiger partial charge is 0.363 e. The summed E-state index contributed by atoms with van der Waals surface area (Å²) in [4.78, 5) is 10.8. The van der Waals surface area contributed by atoms with E-state index in [1.165, 1.54) is 5.56 Å². The van der Waals surface area contributed by atoms with Gasteiger partial charge in [-0.25, -0.2) is 4.79 Å². The molecule has 5 heteroatoms. The topological polar surface area (TPSA) is 53.9 Å². The number of thioether (sulfide) groups is 1. The van der Waals surface area contributed by atoms with Crippen LogP contribution in [0.15, 0.2) is 30.3 Å². The number of halogens is 1. The lowest BCUT2D eigenvalue weighted by Gasteiger charge is -2.07. The summed E-state index contributed by atoms with van der Waals surface area (Å²) in [5.74, 6) is 0.0189. The fraction of sp³-hybridized carbons (Fsp3) is 0.364. The summed E-state index contributed by atoms with van der Waals surface area (Å²) >= 11 is 1.74. The predicted octanol–water partition coefficient (Wildman–Crippen LogP) is -2.68. The monoisotopic (exact) mass is 259 g/mol. The van der Waals surface area contributed by atoms with Crippen LogP contribution in [0.2, 0.25) is 0 Å². The molecule has 1 fully saturated rings. The van der Waals surface area contributed by atoms with E-state index in [1.54, 1.807) is 11.8 Å². The van der Waals surface area contributed by atoms with Crippen molar-refractivity contribution in [2.75, 3.05) is 5.75 Å². The highest BCUT2D eigenvalue weighted by atomic mass is 35.5. The summed E-state index contributed by atoms with van der Waals surface area (Å²) in [6.07, 6.45) is 0.940. The third-order valence-corrected chi connectivity index (χ3v) is 3.84. The van der Waals surface area contributed by atoms with Gasteiger partial charge in [-0.3, -0.25) is 0 Å². The second kappa shape index (κ2) is 6.13. The van der Waals surface area contributed by atoms with Crippen LogP contribution in [-0.2, 0) is 11.2 Å². The maximum Gasteiger partial charge on any atom is 0.363 e. The van der Waals surface area contributed by atoms with Crippen LogP contribution in [0.5, 0.6) is 0 Å². The fourth-order valence-electron chi connectivity index (χ4n) is 1.72. The maximum absolute atomic E-state index is 10.8. The van der Waals surface area contributed by atoms with Crippen LogP contribution in [0.1, 0.15) is 5.56 Å². The Balaban J connectivity index is 0.00000128. The number of carbonyl (C=O) groups is 1. The Bertz CT molecular complexity index is 347. The Morgan fingerprint density at radius 2 is 2.12 bits per heavy atom. The van der Waals surface area contributed by atoms with E-state index in [1.807, 2.05) is 23.5 Å². The largest absolute Gasteiger partial charge is 1.00 e. The molecule has 0 spiro atoms. The number of nitrogens with two attached hydrogens (primary N) is 1. The highest BCUT2D eigenvalue weighted by Crippen LogP contribution is 2.16. The van der Waals surface area contributed by atoms with Crippen molar-refractivity contribution in [1.29, 1.82) is 0 Å². The van der Waals surface area contributed by atoms with Gasteiger partial charge in [0.05, 0.1) is 5.75 Å². The third-order valence-electron chi connectivity index (χ3n) is 2.53. The zero-order valence-electron chi connectivity index (χ0n) is 8.67. The van der Waals surface area contributed by atoms with Gasteiger partial charge in [0.25, 0.3) is 0 Å². The van der Waals surface area contributed by atoms with E-state index in [0.29, 0.717) is 11.1 Å². The number of quaternary nitrogens is 1. The molecule has 1 aliphatic heterocycles. The number of hydrogen-bond donors (Lipinski definition) is 2. The average molecular weight is 260 g/mol. The molecule has 2 atom stereocenters. The van der Waals surface area contributed by atoms with Gasteiger partial charge < -0.3 is 22.8 Å². The third kappa shape index (κ3) is 3.40. The molecule has 2 rings (SSSR count). The van der Waals surface area contributed by atoms with Crippen molar-refractivity contribution < 1.29 is 27.6 Å². The number of aliphatic carboxylic acids is 1. The van der Waals surface area contributed by atoms with Crippen molar-refractivity contribution in [2.24, 2.45) is 0 Å². The summed E-state index contributed by atoms with van der Waals surface area (Å²) < 4.78 is 0. The number of hydrogen-bond acceptors (Lipinski definition) is 2. The average Bonchev–Trinajstić information content (AvgIpc) is 2.68. The van der Waals surface area contributed by atoms with Gasteiger partial charge in [0.1, 0.15) is 5.37 Å². The van der Waals surface area contributed by atoms with Crippen molar-refractivity contribution in [3.8, 4) is 0 Å². The van der Waals surface area contributed by atoms with Gasteiger partial charge in [0.15, 0.2) is 6.04 Å². The van der Waals surface area contributed by atoms with Crippen LogP contribution in [0.4, 0.5) is 0 Å². The van der Waals surface area contributed by atoms with Gasteiger partial charge in [-0.15, -0.1) is 0 Å². The van der Waals surface area contributed by atoms with Crippen LogP contribution >= 0.6 is 11.8 Å². The first-order chi connectivity index (χ1) is 7.25. The SMILES string of the molecule is O=C(O)[C@@H]1CSC(Cc2ccccc2)[NH2+]1.[Cl-]. The molecule has 1 unspecified atom stereocenters. The lowest BCUT2D eigenvalue weighted by Crippen LogP contribution is -3.00. The first kappa shape index (κ1) is 13.4. The Labute approximate surface area is 105 Å². The molecule has 1 aromatic carbocycles. The molecular formula is C11H14ClNO2S. The van der Waals surface area contributed by atoms with Gasteiger partial charge in [-0.1, -0.05) is 42.1 Å². The number of carboxylic acid groups (broad SMARTS) is 1. The first-order valence-electron chi connectivity index (χ1n) is 4.99. The lowest BCUT2D eigenvalue weighted by atomic mass is 10.1. The van der Waals surface area contributed by atoms with Crippen molar-refractivity contribution in [3.05, 3.63) is 35.9 Å². The van der Waals surface area contributed by atoms with Crippen LogP contribution < -0.4 is 17.7 Å². The normalized spacial score (nSPS) is 23.8. The van der Waals surface area contributed by atoms with E-state index < -0.39 is 5.97 Å². The molecule has 0 radical (unpaired) electrons. The second-order valence-electron chi connectivity index (χ2n) is 3.70. The minimum Gasteiger partial charge on any atom is -1.00 e. The van der Waals surface area contributed by atoms with E-state index in [-0.39, 0.29) is 18.4 Å². The maximum atomic E-state index is 10.8. The first-order valence-corrected chi connectivity index (χ1v) is 6.04. The van der Waals surface area contributed by atoms with Gasteiger partial charge in [0.2, 0.25) is 0 Å². The minimum absolute atomic E-state index is 0. The molecule has 88 valence electrons. The lowest BCUT2D eigenvalue weighted by molar-refractivity contribution is -0.679. The van der Waals surface area contributed by atoms with Crippen molar-refractivity contribution in [1.82, 2.24) is 0 Å². The summed E-state index contributed by atoms with van der Waals surface area (Å²) in [6, 6.07) is 9.94. The zero-order valence-corrected chi connectivity index (χ0v) is 10.2. The Morgan fingerprint density at radius 3 is 2.69 bits per heavy atom. The summed E-state index contributed by atoms with van der Waals surface area (Å²) in [6.45, 7) is 0. The molecule has 0 bridgehead atoms. The quantitative estimate of drug-likeness (QED) is 0.622. The second-order valence-corrected chi connectivity index (χ2v) is 4.97. The van der Waals surface area contributed by atoms with E-state index in [0.717, 1.165) is 6.42 Å². The van der Waals surface area contributed by atoms with Crippen LogP contribution in [0.3, 0.4) is 0 Å². The predicted molar refractivity (Wildman–Crippen MR) is 59.7 cm³/mol. The standard InChI is InChI=1S/C11H13NO2S.ClH/c13-11(14)9-7-15-10(12-9)6-8-4-2-1-3-5-8;/h1-5,9-10,12H,6-7H2,(H,13,14);1H/t9-,10?;/m0./s1. The van der Waals surface area contributed by atoms with E-state index in [4.69, 9.17) is 5.11 Å².